The van der Waals surface area contributed by atoms with Crippen molar-refractivity contribution < 1.29 is 22.6 Å². The number of carbonyl (C=O) groups is 1. The fourth-order valence-corrected chi connectivity index (χ4v) is 4.48. The fraction of sp³-hybridized carbons (Fsp3) is 0.267. The maximum Gasteiger partial charge on any atom is 0.293 e. The second-order valence-corrected chi connectivity index (χ2v) is 8.55. The van der Waals surface area contributed by atoms with Gasteiger partial charge in [0.25, 0.3) is 21.6 Å². The number of furan rings is 1. The fourth-order valence-electron chi connectivity index (χ4n) is 2.80. The lowest BCUT2D eigenvalue weighted by Crippen LogP contribution is -2.48. The number of nitro groups is 1. The molecular formula is C15H15BrN4O6S. The van der Waals surface area contributed by atoms with E-state index in [2.05, 4.69) is 15.9 Å². The zero-order valence-electron chi connectivity index (χ0n) is 13.9. The summed E-state index contributed by atoms with van der Waals surface area (Å²) in [6.45, 7) is 0.764. The van der Waals surface area contributed by atoms with Crippen LogP contribution in [0.3, 0.4) is 0 Å². The van der Waals surface area contributed by atoms with E-state index in [1.165, 1.54) is 22.5 Å². The Hall–Kier alpha value is -2.44. The molecule has 1 aromatic carbocycles. The number of nitrogens with two attached hydrogens (primary N) is 1. The number of carbonyl (C=O) groups excluding carboxylic acids is 1. The zero-order valence-corrected chi connectivity index (χ0v) is 16.3. The summed E-state index contributed by atoms with van der Waals surface area (Å²) in [6.07, 6.45) is 0. The molecule has 0 saturated carbocycles. The van der Waals surface area contributed by atoms with Gasteiger partial charge < -0.3 is 15.1 Å². The average Bonchev–Trinajstić information content (AvgIpc) is 3.13. The van der Waals surface area contributed by atoms with Gasteiger partial charge in [-0.2, -0.15) is 4.31 Å². The number of halogens is 1. The minimum absolute atomic E-state index is 0.0576. The van der Waals surface area contributed by atoms with Gasteiger partial charge in [-0.1, -0.05) is 15.9 Å². The molecule has 2 N–H and O–H groups in total. The molecule has 1 fully saturated rings. The van der Waals surface area contributed by atoms with E-state index in [1.807, 2.05) is 0 Å². The molecule has 0 spiro atoms. The number of hydrogen-bond donors (Lipinski definition) is 1. The van der Waals surface area contributed by atoms with Crippen molar-refractivity contribution in [1.82, 2.24) is 4.31 Å². The van der Waals surface area contributed by atoms with Gasteiger partial charge in [-0.25, -0.2) is 8.42 Å². The zero-order chi connectivity index (χ0) is 19.8. The first kappa shape index (κ1) is 19.3. The highest BCUT2D eigenvalue weighted by atomic mass is 79.9. The third kappa shape index (κ3) is 3.82. The van der Waals surface area contributed by atoms with Crippen molar-refractivity contribution in [3.8, 4) is 0 Å². The van der Waals surface area contributed by atoms with Crippen LogP contribution < -0.4 is 10.6 Å². The molecule has 1 aliphatic rings. The molecule has 2 aromatic rings. The van der Waals surface area contributed by atoms with Gasteiger partial charge in [-0.3, -0.25) is 14.9 Å². The first-order valence-corrected chi connectivity index (χ1v) is 10.0. The van der Waals surface area contributed by atoms with E-state index >= 15 is 0 Å². The Morgan fingerprint density at radius 3 is 2.41 bits per heavy atom. The molecule has 144 valence electrons. The highest BCUT2D eigenvalue weighted by Crippen LogP contribution is 2.32. The Labute approximate surface area is 162 Å². The molecule has 2 heterocycles. The number of nitro benzene ring substituents is 1. The molecule has 1 aromatic heterocycles. The lowest BCUT2D eigenvalue weighted by atomic mass is 10.2. The van der Waals surface area contributed by atoms with Crippen molar-refractivity contribution in [2.75, 3.05) is 31.1 Å². The van der Waals surface area contributed by atoms with Crippen molar-refractivity contribution in [2.24, 2.45) is 5.73 Å². The number of amides is 1. The SMILES string of the molecule is NC(=O)c1ccc(S(=O)(=O)N2CCN(c3ccc(Br)cc3[N+](=O)[O-])CC2)o1. The van der Waals surface area contributed by atoms with Crippen LogP contribution in [0.15, 0.2) is 44.3 Å². The van der Waals surface area contributed by atoms with Gasteiger partial charge in [0.15, 0.2) is 5.76 Å². The molecule has 0 atom stereocenters. The lowest BCUT2D eigenvalue weighted by molar-refractivity contribution is -0.384. The standard InChI is InChI=1S/C15H15BrN4O6S/c16-10-1-2-11(12(9-10)20(22)23)18-5-7-19(8-6-18)27(24,25)14-4-3-13(26-14)15(17)21/h1-4,9H,5-8H2,(H2,17,21). The van der Waals surface area contributed by atoms with Gasteiger partial charge in [-0.15, -0.1) is 0 Å². The Morgan fingerprint density at radius 1 is 1.19 bits per heavy atom. The van der Waals surface area contributed by atoms with Gasteiger partial charge in [0, 0.05) is 36.7 Å². The maximum atomic E-state index is 12.6. The second kappa shape index (κ2) is 7.29. The molecule has 1 saturated heterocycles. The molecule has 0 radical (unpaired) electrons. The number of sulfonamides is 1. The third-order valence-corrected chi connectivity index (χ3v) is 6.40. The van der Waals surface area contributed by atoms with Gasteiger partial charge in [-0.05, 0) is 24.3 Å². The topological polar surface area (TPSA) is 140 Å². The molecule has 1 aliphatic heterocycles. The molecule has 0 bridgehead atoms. The predicted octanol–water partition coefficient (Wildman–Crippen LogP) is 1.56. The van der Waals surface area contributed by atoms with E-state index in [9.17, 15) is 23.3 Å². The quantitative estimate of drug-likeness (QED) is 0.529. The van der Waals surface area contributed by atoms with Crippen molar-refractivity contribution in [3.63, 3.8) is 0 Å². The van der Waals surface area contributed by atoms with E-state index < -0.39 is 20.9 Å². The smallest absolute Gasteiger partial charge is 0.293 e. The van der Waals surface area contributed by atoms with Gasteiger partial charge in [0.05, 0.1) is 4.92 Å². The average molecular weight is 459 g/mol. The van der Waals surface area contributed by atoms with E-state index in [-0.39, 0.29) is 42.7 Å². The van der Waals surface area contributed by atoms with Gasteiger partial charge in [0.2, 0.25) is 5.09 Å². The molecule has 27 heavy (non-hydrogen) atoms. The van der Waals surface area contributed by atoms with Crippen LogP contribution in [-0.2, 0) is 10.0 Å². The minimum Gasteiger partial charge on any atom is -0.438 e. The Morgan fingerprint density at radius 2 is 1.85 bits per heavy atom. The molecule has 0 unspecified atom stereocenters. The first-order chi connectivity index (χ1) is 12.7. The van der Waals surface area contributed by atoms with Crippen LogP contribution in [0.1, 0.15) is 10.6 Å². The molecule has 12 heteroatoms. The van der Waals surface area contributed by atoms with Crippen LogP contribution in [0.4, 0.5) is 11.4 Å². The second-order valence-electron chi connectivity index (χ2n) is 5.76. The highest BCUT2D eigenvalue weighted by Gasteiger charge is 2.33. The molecule has 0 aliphatic carbocycles. The summed E-state index contributed by atoms with van der Waals surface area (Å²) in [4.78, 5) is 23.7. The summed E-state index contributed by atoms with van der Waals surface area (Å²) in [5.74, 6) is -1.10. The van der Waals surface area contributed by atoms with E-state index in [1.54, 1.807) is 17.0 Å². The van der Waals surface area contributed by atoms with Crippen LogP contribution >= 0.6 is 15.9 Å². The Kier molecular flexibility index (Phi) is 5.22. The number of primary amides is 1. The van der Waals surface area contributed by atoms with Crippen LogP contribution in [-0.4, -0.2) is 49.7 Å². The number of rotatable bonds is 5. The summed E-state index contributed by atoms with van der Waals surface area (Å²) in [5.41, 5.74) is 5.44. The number of benzene rings is 1. The van der Waals surface area contributed by atoms with Gasteiger partial charge >= 0.3 is 0 Å². The Bertz CT molecular complexity index is 997. The lowest BCUT2D eigenvalue weighted by Gasteiger charge is -2.34. The van der Waals surface area contributed by atoms with Crippen LogP contribution in [0, 0.1) is 10.1 Å². The number of anilines is 1. The molecular weight excluding hydrogens is 444 g/mol. The maximum absolute atomic E-state index is 12.6. The van der Waals surface area contributed by atoms with Crippen molar-refractivity contribution in [1.29, 1.82) is 0 Å². The molecule has 1 amide bonds. The number of nitrogens with zero attached hydrogens (tertiary/aromatic N) is 3. The van der Waals surface area contributed by atoms with E-state index in [0.29, 0.717) is 10.2 Å². The van der Waals surface area contributed by atoms with Crippen molar-refractivity contribution >= 4 is 43.2 Å². The predicted molar refractivity (Wildman–Crippen MR) is 99.0 cm³/mol. The summed E-state index contributed by atoms with van der Waals surface area (Å²) in [6, 6.07) is 7.11. The van der Waals surface area contributed by atoms with E-state index in [4.69, 9.17) is 10.2 Å². The van der Waals surface area contributed by atoms with Crippen LogP contribution in [0.5, 0.6) is 0 Å². The highest BCUT2D eigenvalue weighted by molar-refractivity contribution is 9.10. The Balaban J connectivity index is 1.77. The largest absolute Gasteiger partial charge is 0.438 e. The number of hydrogen-bond acceptors (Lipinski definition) is 7. The normalized spacial score (nSPS) is 15.7. The summed E-state index contributed by atoms with van der Waals surface area (Å²) < 4.78 is 32.1. The van der Waals surface area contributed by atoms with Crippen LogP contribution in [0.25, 0.3) is 0 Å². The molecule has 10 nitrogen and oxygen atoms in total. The monoisotopic (exact) mass is 458 g/mol. The minimum atomic E-state index is -3.92. The summed E-state index contributed by atoms with van der Waals surface area (Å²) >= 11 is 3.21. The van der Waals surface area contributed by atoms with Gasteiger partial charge in [0.1, 0.15) is 5.69 Å². The van der Waals surface area contributed by atoms with E-state index in [0.717, 1.165) is 0 Å². The third-order valence-electron chi connectivity index (χ3n) is 4.13. The number of piperazine rings is 1. The first-order valence-electron chi connectivity index (χ1n) is 7.79. The van der Waals surface area contributed by atoms with Crippen molar-refractivity contribution in [3.05, 3.63) is 50.7 Å². The summed E-state index contributed by atoms with van der Waals surface area (Å²) in [7, 11) is -3.92. The van der Waals surface area contributed by atoms with Crippen LogP contribution in [0.2, 0.25) is 0 Å². The summed E-state index contributed by atoms with van der Waals surface area (Å²) in [5, 5.41) is 10.9. The molecule has 3 rings (SSSR count). The van der Waals surface area contributed by atoms with Crippen molar-refractivity contribution in [2.45, 2.75) is 5.09 Å².